The van der Waals surface area contributed by atoms with Gasteiger partial charge in [-0.15, -0.1) is 0 Å². The van der Waals surface area contributed by atoms with Gasteiger partial charge in [-0.05, 0) is 50.0 Å². The van der Waals surface area contributed by atoms with Crippen LogP contribution in [-0.2, 0) is 14.8 Å². The molecule has 5 heteroatoms. The lowest BCUT2D eigenvalue weighted by molar-refractivity contribution is -0.127. The molecule has 3 aliphatic rings. The van der Waals surface area contributed by atoms with Gasteiger partial charge in [0.15, 0.2) is 0 Å². The topological polar surface area (TPSA) is 54.5 Å². The third kappa shape index (κ3) is 2.73. The Hall–Kier alpha value is -1.88. The second-order valence-electron chi connectivity index (χ2n) is 7.80. The number of carbonyl (C=O) groups is 1. The zero-order chi connectivity index (χ0) is 18.4. The molecule has 1 fully saturated rings. The number of hydrogen-bond acceptors (Lipinski definition) is 3. The van der Waals surface area contributed by atoms with Crippen LogP contribution in [0.1, 0.15) is 44.1 Å². The van der Waals surface area contributed by atoms with Gasteiger partial charge in [-0.3, -0.25) is 9.10 Å². The molecule has 0 aromatic heterocycles. The van der Waals surface area contributed by atoms with Crippen molar-refractivity contribution in [2.45, 2.75) is 50.3 Å². The van der Waals surface area contributed by atoms with Gasteiger partial charge in [0, 0.05) is 30.5 Å². The maximum Gasteiger partial charge on any atom is 0.263 e. The molecule has 0 bridgehead atoms. The Labute approximate surface area is 155 Å². The van der Waals surface area contributed by atoms with Gasteiger partial charge in [-0.25, -0.2) is 8.42 Å². The predicted octanol–water partition coefficient (Wildman–Crippen LogP) is 3.98. The maximum atomic E-state index is 13.2. The zero-order valence-electron chi connectivity index (χ0n) is 15.1. The first-order valence-electron chi connectivity index (χ1n) is 9.44. The van der Waals surface area contributed by atoms with Crippen LogP contribution in [0.2, 0.25) is 0 Å². The van der Waals surface area contributed by atoms with Crippen molar-refractivity contribution in [3.63, 3.8) is 0 Å². The molecule has 1 aromatic rings. The standard InChI is InChI=1S/C21H25NO3S/c1-16-8-10-18(11-9-16)26(24,25)22-14-12-17-5-4-7-20(23)19-6-2-3-13-21(17,19)15-22/h5,8-12,14,19H,2-4,6-7,13,15H2,1H3. The van der Waals surface area contributed by atoms with E-state index in [-0.39, 0.29) is 11.3 Å². The molecular weight excluding hydrogens is 346 g/mol. The van der Waals surface area contributed by atoms with Gasteiger partial charge in [0.2, 0.25) is 0 Å². The number of benzene rings is 1. The highest BCUT2D eigenvalue weighted by molar-refractivity contribution is 7.89. The lowest BCUT2D eigenvalue weighted by Gasteiger charge is -2.48. The molecular formula is C21H25NO3S. The molecule has 1 spiro atoms. The average molecular weight is 372 g/mol. The summed E-state index contributed by atoms with van der Waals surface area (Å²) in [6, 6.07) is 6.97. The van der Waals surface area contributed by atoms with Gasteiger partial charge in [0.05, 0.1) is 4.90 Å². The van der Waals surface area contributed by atoms with Crippen LogP contribution in [0.15, 0.2) is 53.1 Å². The molecule has 4 rings (SSSR count). The third-order valence-electron chi connectivity index (χ3n) is 6.24. The molecule has 2 aliphatic carbocycles. The highest BCUT2D eigenvalue weighted by atomic mass is 32.2. The number of sulfonamides is 1. The molecule has 1 saturated carbocycles. The molecule has 1 heterocycles. The fourth-order valence-electron chi connectivity index (χ4n) is 4.82. The van der Waals surface area contributed by atoms with Crippen LogP contribution in [0.3, 0.4) is 0 Å². The summed E-state index contributed by atoms with van der Waals surface area (Å²) in [5.74, 6) is 0.254. The lowest BCUT2D eigenvalue weighted by Crippen LogP contribution is -2.49. The van der Waals surface area contributed by atoms with Gasteiger partial charge >= 0.3 is 0 Å². The van der Waals surface area contributed by atoms with Crippen LogP contribution in [0.4, 0.5) is 0 Å². The van der Waals surface area contributed by atoms with E-state index in [1.165, 1.54) is 9.88 Å². The summed E-state index contributed by atoms with van der Waals surface area (Å²) in [6.45, 7) is 2.32. The van der Waals surface area contributed by atoms with Crippen molar-refractivity contribution < 1.29 is 13.2 Å². The second kappa shape index (κ2) is 6.38. The molecule has 2 atom stereocenters. The predicted molar refractivity (Wildman–Crippen MR) is 101 cm³/mol. The van der Waals surface area contributed by atoms with Crippen molar-refractivity contribution in [1.29, 1.82) is 0 Å². The summed E-state index contributed by atoms with van der Waals surface area (Å²) in [4.78, 5) is 13.0. The van der Waals surface area contributed by atoms with Gasteiger partial charge in [-0.1, -0.05) is 36.6 Å². The number of rotatable bonds is 2. The van der Waals surface area contributed by atoms with Crippen molar-refractivity contribution >= 4 is 15.8 Å². The van der Waals surface area contributed by atoms with Crippen molar-refractivity contribution in [3.8, 4) is 0 Å². The van der Waals surface area contributed by atoms with Crippen molar-refractivity contribution in [2.75, 3.05) is 6.54 Å². The summed E-state index contributed by atoms with van der Waals surface area (Å²) < 4.78 is 27.8. The quantitative estimate of drug-likeness (QED) is 0.790. The van der Waals surface area contributed by atoms with Crippen LogP contribution < -0.4 is 0 Å². The van der Waals surface area contributed by atoms with E-state index in [4.69, 9.17) is 0 Å². The Morgan fingerprint density at radius 3 is 2.69 bits per heavy atom. The molecule has 1 aliphatic heterocycles. The average Bonchev–Trinajstić information content (AvgIpc) is 2.78. The summed E-state index contributed by atoms with van der Waals surface area (Å²) in [7, 11) is -3.61. The molecule has 0 amide bonds. The highest BCUT2D eigenvalue weighted by Crippen LogP contribution is 2.52. The van der Waals surface area contributed by atoms with Crippen LogP contribution >= 0.6 is 0 Å². The van der Waals surface area contributed by atoms with E-state index in [0.717, 1.165) is 37.7 Å². The molecule has 0 saturated heterocycles. The number of nitrogens with zero attached hydrogens (tertiary/aromatic N) is 1. The van der Waals surface area contributed by atoms with E-state index in [9.17, 15) is 13.2 Å². The van der Waals surface area contributed by atoms with Crippen LogP contribution in [0.5, 0.6) is 0 Å². The van der Waals surface area contributed by atoms with E-state index < -0.39 is 10.0 Å². The molecule has 0 radical (unpaired) electrons. The number of hydrogen-bond donors (Lipinski definition) is 0. The fraction of sp³-hybridized carbons (Fsp3) is 0.476. The molecule has 26 heavy (non-hydrogen) atoms. The zero-order valence-corrected chi connectivity index (χ0v) is 16.0. The minimum atomic E-state index is -3.61. The Morgan fingerprint density at radius 2 is 1.92 bits per heavy atom. The Kier molecular flexibility index (Phi) is 4.30. The number of allylic oxidation sites excluding steroid dienone is 2. The monoisotopic (exact) mass is 371 g/mol. The van der Waals surface area contributed by atoms with E-state index in [2.05, 4.69) is 6.08 Å². The Balaban J connectivity index is 1.75. The maximum absolute atomic E-state index is 13.2. The van der Waals surface area contributed by atoms with E-state index >= 15 is 0 Å². The Morgan fingerprint density at radius 1 is 1.15 bits per heavy atom. The first kappa shape index (κ1) is 17.5. The second-order valence-corrected chi connectivity index (χ2v) is 9.69. The smallest absolute Gasteiger partial charge is 0.263 e. The Bertz CT molecular complexity index is 882. The van der Waals surface area contributed by atoms with Gasteiger partial charge in [-0.2, -0.15) is 0 Å². The fourth-order valence-corrected chi connectivity index (χ4v) is 6.19. The summed E-state index contributed by atoms with van der Waals surface area (Å²) in [5, 5.41) is 0. The van der Waals surface area contributed by atoms with Crippen LogP contribution in [0.25, 0.3) is 0 Å². The van der Waals surface area contributed by atoms with Crippen molar-refractivity contribution in [2.24, 2.45) is 11.3 Å². The molecule has 0 N–H and O–H groups in total. The third-order valence-corrected chi connectivity index (χ3v) is 7.97. The molecule has 138 valence electrons. The summed E-state index contributed by atoms with van der Waals surface area (Å²) in [5.41, 5.74) is 1.85. The van der Waals surface area contributed by atoms with Crippen LogP contribution in [-0.4, -0.2) is 25.1 Å². The molecule has 1 aromatic carbocycles. The normalized spacial score (nSPS) is 28.8. The number of aryl methyl sites for hydroxylation is 1. The summed E-state index contributed by atoms with van der Waals surface area (Å²) in [6.07, 6.45) is 11.0. The van der Waals surface area contributed by atoms with Gasteiger partial charge in [0.1, 0.15) is 5.78 Å². The number of ketones is 1. The van der Waals surface area contributed by atoms with Crippen molar-refractivity contribution in [3.05, 3.63) is 53.8 Å². The number of Topliss-reactive ketones (excluding diaryl/α,β-unsaturated/α-hetero) is 1. The van der Waals surface area contributed by atoms with Gasteiger partial charge in [0.25, 0.3) is 10.0 Å². The minimum absolute atomic E-state index is 0.0503. The highest BCUT2D eigenvalue weighted by Gasteiger charge is 2.50. The lowest BCUT2D eigenvalue weighted by atomic mass is 9.60. The van der Waals surface area contributed by atoms with E-state index in [0.29, 0.717) is 23.6 Å². The van der Waals surface area contributed by atoms with E-state index in [1.54, 1.807) is 18.3 Å². The van der Waals surface area contributed by atoms with Gasteiger partial charge < -0.3 is 0 Å². The molecule has 4 nitrogen and oxygen atoms in total. The van der Waals surface area contributed by atoms with Crippen molar-refractivity contribution in [1.82, 2.24) is 4.31 Å². The largest absolute Gasteiger partial charge is 0.299 e. The SMILES string of the molecule is Cc1ccc(S(=O)(=O)N2C=CC3=CCCC(=O)C4CCCCC34C2)cc1. The van der Waals surface area contributed by atoms with Crippen LogP contribution in [0, 0.1) is 18.3 Å². The summed E-state index contributed by atoms with van der Waals surface area (Å²) >= 11 is 0. The number of carbonyl (C=O) groups excluding carboxylic acids is 1. The van der Waals surface area contributed by atoms with E-state index in [1.807, 2.05) is 25.1 Å². The first-order valence-corrected chi connectivity index (χ1v) is 10.9. The minimum Gasteiger partial charge on any atom is -0.299 e. The molecule has 2 unspecified atom stereocenters. The first-order chi connectivity index (χ1) is 12.4.